The number of hydrogen-bond donors (Lipinski definition) is 2. The van der Waals surface area contributed by atoms with Crippen LogP contribution in [0.5, 0.6) is 0 Å². The molecule has 120 valence electrons. The number of nitrogens with one attached hydrogen (secondary N) is 2. The minimum Gasteiger partial charge on any atom is -0.365 e. The van der Waals surface area contributed by atoms with E-state index in [0.717, 1.165) is 30.2 Å². The van der Waals surface area contributed by atoms with E-state index in [4.69, 9.17) is 0 Å². The maximum atomic E-state index is 9.22. The average Bonchev–Trinajstić information content (AvgIpc) is 2.93. The zero-order valence-corrected chi connectivity index (χ0v) is 14.0. The molecule has 3 rings (SSSR count). The van der Waals surface area contributed by atoms with Gasteiger partial charge in [-0.05, 0) is 51.0 Å². The molecule has 0 unspecified atom stereocenters. The van der Waals surface area contributed by atoms with Gasteiger partial charge in [0, 0.05) is 12.6 Å². The fourth-order valence-electron chi connectivity index (χ4n) is 2.66. The Labute approximate surface area is 139 Å². The lowest BCUT2D eigenvalue weighted by molar-refractivity contribution is 0.260. The first-order valence-electron chi connectivity index (χ1n) is 7.56. The van der Waals surface area contributed by atoms with Crippen molar-refractivity contribution in [2.45, 2.75) is 25.8 Å². The van der Waals surface area contributed by atoms with Crippen LogP contribution in [0.3, 0.4) is 0 Å². The minimum atomic E-state index is 0.280. The van der Waals surface area contributed by atoms with E-state index in [0.29, 0.717) is 17.7 Å². The van der Waals surface area contributed by atoms with Gasteiger partial charge in [-0.2, -0.15) is 9.64 Å². The standard InChI is InChI=1S/C15H19N7S/c1-10-6-14(23-21-10)20-15-12(7-16)17-8-13(19-15)18-11-4-3-5-22(2)9-11/h6,8,11H,3-5,9H2,1-2H3,(H2,18,19,20)/t11-/m0/s1. The molecule has 1 aliphatic rings. The quantitative estimate of drug-likeness (QED) is 0.890. The molecule has 7 nitrogen and oxygen atoms in total. The second kappa shape index (κ2) is 6.89. The smallest absolute Gasteiger partial charge is 0.183 e. The van der Waals surface area contributed by atoms with E-state index in [-0.39, 0.29) is 5.69 Å². The molecule has 0 bridgehead atoms. The maximum Gasteiger partial charge on any atom is 0.183 e. The summed E-state index contributed by atoms with van der Waals surface area (Å²) in [5, 5.41) is 16.6. The maximum absolute atomic E-state index is 9.22. The van der Waals surface area contributed by atoms with E-state index in [9.17, 15) is 5.26 Å². The summed E-state index contributed by atoms with van der Waals surface area (Å²) >= 11 is 1.34. The van der Waals surface area contributed by atoms with Crippen molar-refractivity contribution in [3.8, 4) is 6.07 Å². The third-order valence-electron chi connectivity index (χ3n) is 3.72. The third kappa shape index (κ3) is 3.94. The van der Waals surface area contributed by atoms with E-state index in [2.05, 4.69) is 43.0 Å². The van der Waals surface area contributed by atoms with Crippen molar-refractivity contribution >= 4 is 28.2 Å². The lowest BCUT2D eigenvalue weighted by atomic mass is 10.1. The lowest BCUT2D eigenvalue weighted by Gasteiger charge is -2.30. The number of nitrogens with zero attached hydrogens (tertiary/aromatic N) is 5. The molecule has 8 heteroatoms. The first kappa shape index (κ1) is 15.6. The molecule has 0 saturated carbocycles. The molecule has 1 aliphatic heterocycles. The van der Waals surface area contributed by atoms with E-state index >= 15 is 0 Å². The van der Waals surface area contributed by atoms with Gasteiger partial charge in [0.1, 0.15) is 16.9 Å². The Hall–Kier alpha value is -2.24. The van der Waals surface area contributed by atoms with E-state index in [1.807, 2.05) is 13.0 Å². The van der Waals surface area contributed by atoms with Crippen molar-refractivity contribution in [3.63, 3.8) is 0 Å². The molecule has 1 atom stereocenters. The van der Waals surface area contributed by atoms with Crippen LogP contribution in [-0.4, -0.2) is 45.4 Å². The topological polar surface area (TPSA) is 89.8 Å². The van der Waals surface area contributed by atoms with Gasteiger partial charge < -0.3 is 15.5 Å². The van der Waals surface area contributed by atoms with Gasteiger partial charge >= 0.3 is 0 Å². The fraction of sp³-hybridized carbons (Fsp3) is 0.467. The molecular formula is C15H19N7S. The number of nitriles is 1. The molecule has 3 heterocycles. The van der Waals surface area contributed by atoms with Crippen molar-refractivity contribution < 1.29 is 0 Å². The zero-order chi connectivity index (χ0) is 16.2. The number of anilines is 3. The van der Waals surface area contributed by atoms with Crippen LogP contribution >= 0.6 is 11.5 Å². The number of likely N-dealkylation sites (N-methyl/N-ethyl adjacent to an activating group) is 1. The number of piperidine rings is 1. The van der Waals surface area contributed by atoms with Gasteiger partial charge in [-0.25, -0.2) is 9.97 Å². The van der Waals surface area contributed by atoms with Crippen molar-refractivity contribution in [3.05, 3.63) is 23.7 Å². The predicted molar refractivity (Wildman–Crippen MR) is 91.0 cm³/mol. The SMILES string of the molecule is Cc1cc(Nc2nc(N[C@H]3CCCN(C)C3)cnc2C#N)sn1. The molecule has 2 aromatic rings. The summed E-state index contributed by atoms with van der Waals surface area (Å²) in [5.41, 5.74) is 1.21. The summed E-state index contributed by atoms with van der Waals surface area (Å²) in [7, 11) is 2.12. The van der Waals surface area contributed by atoms with Gasteiger partial charge in [-0.3, -0.25) is 0 Å². The Morgan fingerprint density at radius 3 is 3.04 bits per heavy atom. The highest BCUT2D eigenvalue weighted by molar-refractivity contribution is 7.10. The highest BCUT2D eigenvalue weighted by Crippen LogP contribution is 2.23. The first-order valence-corrected chi connectivity index (χ1v) is 8.34. The molecule has 2 aromatic heterocycles. The summed E-state index contributed by atoms with van der Waals surface area (Å²) in [5.74, 6) is 1.15. The van der Waals surface area contributed by atoms with Gasteiger partial charge in [-0.15, -0.1) is 0 Å². The van der Waals surface area contributed by atoms with Gasteiger partial charge in [-0.1, -0.05) is 0 Å². The predicted octanol–water partition coefficient (Wildman–Crippen LogP) is 2.36. The summed E-state index contributed by atoms with van der Waals surface area (Å²) in [6.45, 7) is 4.05. The number of aryl methyl sites for hydroxylation is 1. The second-order valence-electron chi connectivity index (χ2n) is 5.77. The molecule has 0 radical (unpaired) electrons. The zero-order valence-electron chi connectivity index (χ0n) is 13.2. The van der Waals surface area contributed by atoms with E-state index in [1.54, 1.807) is 6.20 Å². The van der Waals surface area contributed by atoms with Gasteiger partial charge in [0.25, 0.3) is 0 Å². The van der Waals surface area contributed by atoms with Crippen LogP contribution in [0.15, 0.2) is 12.3 Å². The first-order chi connectivity index (χ1) is 11.1. The summed E-state index contributed by atoms with van der Waals surface area (Å²) in [6, 6.07) is 4.35. The summed E-state index contributed by atoms with van der Waals surface area (Å²) in [6.07, 6.45) is 3.90. The largest absolute Gasteiger partial charge is 0.365 e. The van der Waals surface area contributed by atoms with Crippen molar-refractivity contribution in [2.75, 3.05) is 30.8 Å². The van der Waals surface area contributed by atoms with Crippen LogP contribution in [0.4, 0.5) is 16.6 Å². The van der Waals surface area contributed by atoms with Crippen LogP contribution < -0.4 is 10.6 Å². The average molecular weight is 329 g/mol. The Balaban J connectivity index is 1.77. The van der Waals surface area contributed by atoms with E-state index < -0.39 is 0 Å². The molecular weight excluding hydrogens is 310 g/mol. The highest BCUT2D eigenvalue weighted by Gasteiger charge is 2.18. The second-order valence-corrected chi connectivity index (χ2v) is 6.57. The molecule has 1 fully saturated rings. The normalized spacial score (nSPS) is 18.4. The summed E-state index contributed by atoms with van der Waals surface area (Å²) < 4.78 is 4.22. The minimum absolute atomic E-state index is 0.280. The van der Waals surface area contributed by atoms with Crippen molar-refractivity contribution in [1.29, 1.82) is 5.26 Å². The number of likely N-dealkylation sites (tertiary alicyclic amines) is 1. The Morgan fingerprint density at radius 2 is 2.35 bits per heavy atom. The van der Waals surface area contributed by atoms with Gasteiger partial charge in [0.05, 0.1) is 11.9 Å². The van der Waals surface area contributed by atoms with Crippen molar-refractivity contribution in [1.82, 2.24) is 19.2 Å². The van der Waals surface area contributed by atoms with Gasteiger partial charge in [0.2, 0.25) is 0 Å². The molecule has 0 amide bonds. The number of rotatable bonds is 4. The van der Waals surface area contributed by atoms with Crippen LogP contribution in [0.2, 0.25) is 0 Å². The lowest BCUT2D eigenvalue weighted by Crippen LogP contribution is -2.39. The Bertz CT molecular complexity index is 721. The summed E-state index contributed by atoms with van der Waals surface area (Å²) in [4.78, 5) is 11.0. The third-order valence-corrected chi connectivity index (χ3v) is 4.52. The Morgan fingerprint density at radius 1 is 1.48 bits per heavy atom. The van der Waals surface area contributed by atoms with Crippen molar-refractivity contribution in [2.24, 2.45) is 0 Å². The number of aromatic nitrogens is 3. The van der Waals surface area contributed by atoms with Crippen LogP contribution in [0, 0.1) is 18.3 Å². The molecule has 0 aliphatic carbocycles. The Kier molecular flexibility index (Phi) is 4.69. The highest BCUT2D eigenvalue weighted by atomic mass is 32.1. The van der Waals surface area contributed by atoms with Crippen LogP contribution in [-0.2, 0) is 0 Å². The molecule has 1 saturated heterocycles. The van der Waals surface area contributed by atoms with Crippen LogP contribution in [0.1, 0.15) is 24.2 Å². The molecule has 0 spiro atoms. The molecule has 0 aromatic carbocycles. The fourth-order valence-corrected chi connectivity index (χ4v) is 3.32. The molecule has 2 N–H and O–H groups in total. The molecule has 23 heavy (non-hydrogen) atoms. The number of hydrogen-bond acceptors (Lipinski definition) is 8. The monoisotopic (exact) mass is 329 g/mol. The van der Waals surface area contributed by atoms with Crippen LogP contribution in [0.25, 0.3) is 0 Å². The van der Waals surface area contributed by atoms with Gasteiger partial charge in [0.15, 0.2) is 11.5 Å². The van der Waals surface area contributed by atoms with E-state index in [1.165, 1.54) is 18.0 Å².